The number of anilines is 1. The minimum atomic E-state index is 0.231. The third-order valence-electron chi connectivity index (χ3n) is 3.32. The molecule has 0 aliphatic carbocycles. The Bertz CT molecular complexity index is 707. The van der Waals surface area contributed by atoms with E-state index in [0.29, 0.717) is 0 Å². The van der Waals surface area contributed by atoms with Gasteiger partial charge in [-0.3, -0.25) is 4.57 Å². The molecule has 0 saturated carbocycles. The Labute approximate surface area is 132 Å². The van der Waals surface area contributed by atoms with Crippen LogP contribution in [-0.2, 0) is 0 Å². The van der Waals surface area contributed by atoms with Gasteiger partial charge in [-0.15, -0.1) is 10.2 Å². The van der Waals surface area contributed by atoms with Gasteiger partial charge in [0, 0.05) is 16.2 Å². The molecule has 5 heteroatoms. The highest BCUT2D eigenvalue weighted by molar-refractivity contribution is 9.10. The summed E-state index contributed by atoms with van der Waals surface area (Å²) < 4.78 is 2.98. The van der Waals surface area contributed by atoms with Crippen molar-refractivity contribution in [1.82, 2.24) is 14.8 Å². The highest BCUT2D eigenvalue weighted by Crippen LogP contribution is 2.22. The van der Waals surface area contributed by atoms with Crippen molar-refractivity contribution in [1.29, 1.82) is 0 Å². The molecule has 21 heavy (non-hydrogen) atoms. The van der Waals surface area contributed by atoms with Crippen LogP contribution in [0.3, 0.4) is 0 Å². The molecule has 0 saturated heterocycles. The predicted molar refractivity (Wildman–Crippen MR) is 87.5 cm³/mol. The van der Waals surface area contributed by atoms with E-state index < -0.39 is 0 Å². The van der Waals surface area contributed by atoms with E-state index in [0.717, 1.165) is 15.8 Å². The molecule has 1 unspecified atom stereocenters. The summed E-state index contributed by atoms with van der Waals surface area (Å²) in [5.74, 6) is 0. The molecule has 0 bridgehead atoms. The Hall–Kier alpha value is -2.14. The summed E-state index contributed by atoms with van der Waals surface area (Å²) in [5.41, 5.74) is 3.34. The van der Waals surface area contributed by atoms with E-state index in [4.69, 9.17) is 0 Å². The summed E-state index contributed by atoms with van der Waals surface area (Å²) >= 11 is 3.46. The first-order valence-electron chi connectivity index (χ1n) is 6.69. The Morgan fingerprint density at radius 3 is 2.48 bits per heavy atom. The summed E-state index contributed by atoms with van der Waals surface area (Å²) in [6, 6.07) is 16.8. The molecular weight excluding hydrogens is 328 g/mol. The van der Waals surface area contributed by atoms with Crippen molar-refractivity contribution in [2.75, 3.05) is 5.32 Å². The second-order valence-corrected chi connectivity index (χ2v) is 5.75. The van der Waals surface area contributed by atoms with Gasteiger partial charge in [0.2, 0.25) is 0 Å². The molecule has 0 radical (unpaired) electrons. The highest BCUT2D eigenvalue weighted by atomic mass is 79.9. The van der Waals surface area contributed by atoms with E-state index in [1.54, 1.807) is 12.7 Å². The minimum absolute atomic E-state index is 0.231. The van der Waals surface area contributed by atoms with Crippen molar-refractivity contribution >= 4 is 21.6 Å². The second-order valence-electron chi connectivity index (χ2n) is 4.84. The fraction of sp³-hybridized carbons (Fsp3) is 0.125. The average molecular weight is 343 g/mol. The maximum atomic E-state index is 3.83. The Balaban J connectivity index is 1.78. The van der Waals surface area contributed by atoms with E-state index in [1.165, 1.54) is 5.56 Å². The molecule has 2 aromatic carbocycles. The van der Waals surface area contributed by atoms with Crippen LogP contribution in [0.1, 0.15) is 18.5 Å². The smallest absolute Gasteiger partial charge is 0.123 e. The monoisotopic (exact) mass is 342 g/mol. The number of nitrogens with zero attached hydrogens (tertiary/aromatic N) is 3. The molecule has 1 N–H and O–H groups in total. The van der Waals surface area contributed by atoms with Gasteiger partial charge in [-0.05, 0) is 42.8 Å². The van der Waals surface area contributed by atoms with Crippen LogP contribution < -0.4 is 5.32 Å². The lowest BCUT2D eigenvalue weighted by Crippen LogP contribution is -2.06. The van der Waals surface area contributed by atoms with Crippen LogP contribution >= 0.6 is 15.9 Å². The van der Waals surface area contributed by atoms with Gasteiger partial charge >= 0.3 is 0 Å². The van der Waals surface area contributed by atoms with Crippen LogP contribution in [0.4, 0.5) is 5.69 Å². The first-order valence-corrected chi connectivity index (χ1v) is 7.49. The molecule has 0 amide bonds. The van der Waals surface area contributed by atoms with Crippen molar-refractivity contribution in [2.45, 2.75) is 13.0 Å². The summed E-state index contributed by atoms with van der Waals surface area (Å²) in [7, 11) is 0. The lowest BCUT2D eigenvalue weighted by atomic mass is 10.1. The maximum Gasteiger partial charge on any atom is 0.123 e. The predicted octanol–water partition coefficient (Wildman–Crippen LogP) is 4.20. The van der Waals surface area contributed by atoms with Gasteiger partial charge < -0.3 is 5.32 Å². The summed E-state index contributed by atoms with van der Waals surface area (Å²) in [5, 5.41) is 11.2. The van der Waals surface area contributed by atoms with Crippen molar-refractivity contribution < 1.29 is 0 Å². The minimum Gasteiger partial charge on any atom is -0.378 e. The Morgan fingerprint density at radius 2 is 1.76 bits per heavy atom. The van der Waals surface area contributed by atoms with Gasteiger partial charge in [0.15, 0.2) is 0 Å². The van der Waals surface area contributed by atoms with E-state index in [1.807, 2.05) is 16.7 Å². The zero-order valence-corrected chi connectivity index (χ0v) is 13.2. The standard InChI is InChI=1S/C16H15BrN4/c1-12(13-5-7-14(17)8-6-13)20-15-3-2-4-16(9-15)21-10-18-19-11-21/h2-12,20H,1H3. The van der Waals surface area contributed by atoms with E-state index >= 15 is 0 Å². The molecule has 4 nitrogen and oxygen atoms in total. The number of aromatic nitrogens is 3. The number of nitrogens with one attached hydrogen (secondary N) is 1. The van der Waals surface area contributed by atoms with Crippen LogP contribution in [0.15, 0.2) is 65.7 Å². The molecular formula is C16H15BrN4. The third-order valence-corrected chi connectivity index (χ3v) is 3.84. The van der Waals surface area contributed by atoms with Gasteiger partial charge in [0.05, 0.1) is 5.69 Å². The van der Waals surface area contributed by atoms with Crippen molar-refractivity contribution in [3.8, 4) is 5.69 Å². The summed E-state index contributed by atoms with van der Waals surface area (Å²) in [4.78, 5) is 0. The molecule has 0 spiro atoms. The van der Waals surface area contributed by atoms with Crippen molar-refractivity contribution in [3.63, 3.8) is 0 Å². The molecule has 0 aliphatic rings. The highest BCUT2D eigenvalue weighted by Gasteiger charge is 2.06. The maximum absolute atomic E-state index is 3.83. The van der Waals surface area contributed by atoms with Crippen molar-refractivity contribution in [2.24, 2.45) is 0 Å². The molecule has 0 fully saturated rings. The van der Waals surface area contributed by atoms with Crippen LogP contribution in [0, 0.1) is 0 Å². The SMILES string of the molecule is CC(Nc1cccc(-n2cnnc2)c1)c1ccc(Br)cc1. The van der Waals surface area contributed by atoms with Gasteiger partial charge in [-0.2, -0.15) is 0 Å². The van der Waals surface area contributed by atoms with Crippen molar-refractivity contribution in [3.05, 3.63) is 71.2 Å². The molecule has 0 aliphatic heterocycles. The molecule has 3 rings (SSSR count). The lowest BCUT2D eigenvalue weighted by Gasteiger charge is -2.16. The lowest BCUT2D eigenvalue weighted by molar-refractivity contribution is 0.883. The largest absolute Gasteiger partial charge is 0.378 e. The first-order chi connectivity index (χ1) is 10.2. The van der Waals surface area contributed by atoms with Gasteiger partial charge in [-0.25, -0.2) is 0 Å². The fourth-order valence-electron chi connectivity index (χ4n) is 2.18. The number of benzene rings is 2. The van der Waals surface area contributed by atoms with E-state index in [-0.39, 0.29) is 6.04 Å². The molecule has 1 atom stereocenters. The Kier molecular flexibility index (Phi) is 4.01. The molecule has 1 heterocycles. The summed E-state index contributed by atoms with van der Waals surface area (Å²) in [6.45, 7) is 2.15. The van der Waals surface area contributed by atoms with Gasteiger partial charge in [-0.1, -0.05) is 34.1 Å². The quantitative estimate of drug-likeness (QED) is 0.772. The topological polar surface area (TPSA) is 42.7 Å². The molecule has 106 valence electrons. The van der Waals surface area contributed by atoms with E-state index in [2.05, 4.69) is 74.8 Å². The third kappa shape index (κ3) is 3.31. The van der Waals surface area contributed by atoms with E-state index in [9.17, 15) is 0 Å². The number of rotatable bonds is 4. The van der Waals surface area contributed by atoms with Crippen LogP contribution in [0.2, 0.25) is 0 Å². The number of hydrogen-bond donors (Lipinski definition) is 1. The average Bonchev–Trinajstić information content (AvgIpc) is 3.02. The number of hydrogen-bond acceptors (Lipinski definition) is 3. The first kappa shape index (κ1) is 13.8. The molecule has 3 aromatic rings. The zero-order chi connectivity index (χ0) is 14.7. The zero-order valence-electron chi connectivity index (χ0n) is 11.6. The van der Waals surface area contributed by atoms with Crippen LogP contribution in [0.5, 0.6) is 0 Å². The summed E-state index contributed by atoms with van der Waals surface area (Å²) in [6.07, 6.45) is 3.38. The molecule has 1 aromatic heterocycles. The van der Waals surface area contributed by atoms with Crippen LogP contribution in [-0.4, -0.2) is 14.8 Å². The van der Waals surface area contributed by atoms with Gasteiger partial charge in [0.25, 0.3) is 0 Å². The van der Waals surface area contributed by atoms with Crippen LogP contribution in [0.25, 0.3) is 5.69 Å². The number of halogens is 1. The fourth-order valence-corrected chi connectivity index (χ4v) is 2.44. The Morgan fingerprint density at radius 1 is 1.05 bits per heavy atom. The normalized spacial score (nSPS) is 12.1. The van der Waals surface area contributed by atoms with Gasteiger partial charge in [0.1, 0.15) is 12.7 Å². The second kappa shape index (κ2) is 6.10.